The molecule has 192 valence electrons. The lowest BCUT2D eigenvalue weighted by Crippen LogP contribution is -2.37. The van der Waals surface area contributed by atoms with Crippen LogP contribution in [0.5, 0.6) is 0 Å². The molecule has 38 heavy (non-hydrogen) atoms. The van der Waals surface area contributed by atoms with Crippen LogP contribution in [0.4, 0.5) is 10.5 Å². The lowest BCUT2D eigenvalue weighted by atomic mass is 9.80. The summed E-state index contributed by atoms with van der Waals surface area (Å²) in [5.74, 6) is -0.909. The number of hydrogen-bond acceptors (Lipinski definition) is 3. The third-order valence-corrected chi connectivity index (χ3v) is 7.33. The summed E-state index contributed by atoms with van der Waals surface area (Å²) < 4.78 is 5.79. The molecule has 0 fully saturated rings. The number of carboxylic acids is 1. The first-order valence-corrected chi connectivity index (χ1v) is 12.8. The van der Waals surface area contributed by atoms with Crippen molar-refractivity contribution in [3.05, 3.63) is 118 Å². The Hall–Kier alpha value is -4.38. The van der Waals surface area contributed by atoms with E-state index in [9.17, 15) is 14.7 Å². The van der Waals surface area contributed by atoms with Crippen LogP contribution >= 0.6 is 0 Å². The van der Waals surface area contributed by atoms with Crippen molar-refractivity contribution in [1.29, 1.82) is 0 Å². The van der Waals surface area contributed by atoms with E-state index >= 15 is 0 Å². The van der Waals surface area contributed by atoms with Crippen LogP contribution in [0.2, 0.25) is 0 Å². The minimum absolute atomic E-state index is 0.140. The van der Waals surface area contributed by atoms with E-state index in [0.717, 1.165) is 67.8 Å². The van der Waals surface area contributed by atoms with Gasteiger partial charge in [0.25, 0.3) is 0 Å². The summed E-state index contributed by atoms with van der Waals surface area (Å²) in [5.41, 5.74) is 10.3. The molecular formula is C33H31NO4. The smallest absolute Gasteiger partial charge is 0.414 e. The molecule has 0 saturated carbocycles. The minimum atomic E-state index is -0.909. The number of aryl methyl sites for hydroxylation is 1. The van der Waals surface area contributed by atoms with Gasteiger partial charge in [-0.05, 0) is 71.7 Å². The Labute approximate surface area is 223 Å². The van der Waals surface area contributed by atoms with Gasteiger partial charge in [0.1, 0.15) is 6.61 Å². The first-order chi connectivity index (χ1) is 18.3. The van der Waals surface area contributed by atoms with Gasteiger partial charge in [0, 0.05) is 5.56 Å². The number of hydrogen-bond donors (Lipinski definition) is 1. The fourth-order valence-corrected chi connectivity index (χ4v) is 5.50. The van der Waals surface area contributed by atoms with E-state index in [4.69, 9.17) is 4.74 Å². The monoisotopic (exact) mass is 505 g/mol. The van der Waals surface area contributed by atoms with Crippen LogP contribution in [-0.2, 0) is 22.6 Å². The fraction of sp³-hybridized carbons (Fsp3) is 0.212. The highest BCUT2D eigenvalue weighted by molar-refractivity contribution is 6.03. The van der Waals surface area contributed by atoms with Gasteiger partial charge in [-0.1, -0.05) is 84.5 Å². The number of anilines is 1. The summed E-state index contributed by atoms with van der Waals surface area (Å²) in [5, 5.41) is 9.88. The number of carboxylic acid groups (broad SMARTS) is 1. The zero-order valence-corrected chi connectivity index (χ0v) is 22.0. The van der Waals surface area contributed by atoms with Crippen LogP contribution < -0.4 is 4.90 Å². The van der Waals surface area contributed by atoms with E-state index in [2.05, 4.69) is 12.2 Å². The van der Waals surface area contributed by atoms with Gasteiger partial charge in [-0.2, -0.15) is 0 Å². The summed E-state index contributed by atoms with van der Waals surface area (Å²) in [7, 11) is 0. The Morgan fingerprint density at radius 2 is 1.66 bits per heavy atom. The van der Waals surface area contributed by atoms with E-state index in [1.54, 1.807) is 4.90 Å². The molecule has 3 aromatic carbocycles. The molecule has 1 aliphatic carbocycles. The second-order valence-electron chi connectivity index (χ2n) is 9.90. The topological polar surface area (TPSA) is 66.8 Å². The quantitative estimate of drug-likeness (QED) is 0.394. The number of carbonyl (C=O) groups excluding carboxylic acids is 1. The Morgan fingerprint density at radius 1 is 0.921 bits per heavy atom. The van der Waals surface area contributed by atoms with Crippen LogP contribution in [0.1, 0.15) is 39.8 Å². The summed E-state index contributed by atoms with van der Waals surface area (Å²) in [6.45, 7) is 6.55. The predicted molar refractivity (Wildman–Crippen MR) is 151 cm³/mol. The molecule has 1 aliphatic heterocycles. The number of fused-ring (bicyclic) bond motifs is 2. The largest absolute Gasteiger partial charge is 0.481 e. The van der Waals surface area contributed by atoms with Crippen molar-refractivity contribution in [2.75, 3.05) is 11.4 Å². The van der Waals surface area contributed by atoms with Gasteiger partial charge < -0.3 is 9.84 Å². The van der Waals surface area contributed by atoms with Crippen LogP contribution in [0.25, 0.3) is 16.7 Å². The zero-order valence-electron chi connectivity index (χ0n) is 22.0. The second-order valence-corrected chi connectivity index (χ2v) is 9.90. The van der Waals surface area contributed by atoms with E-state index in [-0.39, 0.29) is 13.0 Å². The van der Waals surface area contributed by atoms with Crippen molar-refractivity contribution in [3.8, 4) is 11.1 Å². The number of amides is 1. The Balaban J connectivity index is 1.71. The maximum atomic E-state index is 13.6. The molecule has 0 atom stereocenters. The average Bonchev–Trinajstić information content (AvgIpc) is 3.16. The molecule has 1 amide bonds. The van der Waals surface area contributed by atoms with Crippen molar-refractivity contribution >= 4 is 23.3 Å². The molecule has 1 heterocycles. The first-order valence-electron chi connectivity index (χ1n) is 12.8. The molecule has 2 aliphatic rings. The van der Waals surface area contributed by atoms with Gasteiger partial charge in [-0.15, -0.1) is 0 Å². The summed E-state index contributed by atoms with van der Waals surface area (Å²) in [4.78, 5) is 27.4. The Bertz CT molecular complexity index is 1490. The molecule has 0 spiro atoms. The van der Waals surface area contributed by atoms with Gasteiger partial charge >= 0.3 is 12.1 Å². The molecular weight excluding hydrogens is 474 g/mol. The lowest BCUT2D eigenvalue weighted by Gasteiger charge is -2.36. The van der Waals surface area contributed by atoms with Crippen LogP contribution in [0.3, 0.4) is 0 Å². The normalized spacial score (nSPS) is 14.1. The molecule has 0 radical (unpaired) electrons. The van der Waals surface area contributed by atoms with Crippen LogP contribution in [-0.4, -0.2) is 23.7 Å². The lowest BCUT2D eigenvalue weighted by molar-refractivity contribution is -0.136. The number of benzene rings is 3. The highest BCUT2D eigenvalue weighted by Gasteiger charge is 2.34. The minimum Gasteiger partial charge on any atom is -0.481 e. The van der Waals surface area contributed by atoms with Crippen molar-refractivity contribution in [2.45, 2.75) is 40.2 Å². The first kappa shape index (κ1) is 25.3. The molecule has 0 unspecified atom stereocenters. The number of aliphatic carboxylic acids is 1. The summed E-state index contributed by atoms with van der Waals surface area (Å²) in [6.07, 6.45) is 8.40. The average molecular weight is 506 g/mol. The highest BCUT2D eigenvalue weighted by Crippen LogP contribution is 2.47. The molecule has 0 aromatic heterocycles. The van der Waals surface area contributed by atoms with Crippen LogP contribution in [0.15, 0.2) is 84.5 Å². The SMILES string of the molecule is Cc1ccc(-c2c(C)c3c(c(C)c2CC(=O)O)N(C(=O)OCc2ccccc2)CC2=C3C=CC=CC2)cc1. The zero-order chi connectivity index (χ0) is 26.8. The number of carbonyl (C=O) groups is 2. The maximum Gasteiger partial charge on any atom is 0.414 e. The standard InChI is InChI=1S/C33H31NO4/c1-21-14-16-25(17-15-21)30-23(3)31-27-13-9-5-8-12-26(27)19-34(32(31)22(2)28(30)18-29(35)36)33(37)38-20-24-10-6-4-7-11-24/h4-11,13-17H,12,18-20H2,1-3H3,(H,35,36). The molecule has 1 N–H and O–H groups in total. The van der Waals surface area contributed by atoms with Crippen molar-refractivity contribution in [3.63, 3.8) is 0 Å². The van der Waals surface area contributed by atoms with Crippen molar-refractivity contribution in [2.24, 2.45) is 0 Å². The Kier molecular flexibility index (Phi) is 7.01. The Morgan fingerprint density at radius 3 is 2.37 bits per heavy atom. The molecule has 3 aromatic rings. The van der Waals surface area contributed by atoms with E-state index < -0.39 is 12.1 Å². The predicted octanol–water partition coefficient (Wildman–Crippen LogP) is 7.33. The van der Waals surface area contributed by atoms with Gasteiger partial charge in [0.05, 0.1) is 18.7 Å². The van der Waals surface area contributed by atoms with Crippen LogP contribution in [0, 0.1) is 20.8 Å². The summed E-state index contributed by atoms with van der Waals surface area (Å²) in [6, 6.07) is 17.8. The van der Waals surface area contributed by atoms with E-state index in [1.807, 2.05) is 87.5 Å². The third kappa shape index (κ3) is 4.80. The second kappa shape index (κ2) is 10.5. The van der Waals surface area contributed by atoms with Gasteiger partial charge in [-0.25, -0.2) is 4.79 Å². The fourth-order valence-electron chi connectivity index (χ4n) is 5.50. The summed E-state index contributed by atoms with van der Waals surface area (Å²) >= 11 is 0. The maximum absolute atomic E-state index is 13.6. The van der Waals surface area contributed by atoms with E-state index in [1.165, 1.54) is 0 Å². The molecule has 5 rings (SSSR count). The molecule has 0 saturated heterocycles. The van der Waals surface area contributed by atoms with Gasteiger partial charge in [-0.3, -0.25) is 9.69 Å². The molecule has 5 nitrogen and oxygen atoms in total. The number of ether oxygens (including phenoxy) is 1. The number of nitrogens with zero attached hydrogens (tertiary/aromatic N) is 1. The van der Waals surface area contributed by atoms with Gasteiger partial charge in [0.15, 0.2) is 0 Å². The third-order valence-electron chi connectivity index (χ3n) is 7.33. The van der Waals surface area contributed by atoms with E-state index in [0.29, 0.717) is 6.54 Å². The highest BCUT2D eigenvalue weighted by atomic mass is 16.6. The number of allylic oxidation sites excluding steroid dienone is 5. The molecule has 5 heteroatoms. The molecule has 0 bridgehead atoms. The van der Waals surface area contributed by atoms with Gasteiger partial charge in [0.2, 0.25) is 0 Å². The number of rotatable bonds is 5. The van der Waals surface area contributed by atoms with Crippen molar-refractivity contribution < 1.29 is 19.4 Å². The van der Waals surface area contributed by atoms with Crippen molar-refractivity contribution in [1.82, 2.24) is 0 Å².